The van der Waals surface area contributed by atoms with Crippen LogP contribution in [0.15, 0.2) is 42.6 Å². The zero-order valence-corrected chi connectivity index (χ0v) is 12.8. The van der Waals surface area contributed by atoms with Gasteiger partial charge in [-0.2, -0.15) is 0 Å². The highest BCUT2D eigenvalue weighted by atomic mass is 35.5. The van der Waals surface area contributed by atoms with Crippen LogP contribution in [0.5, 0.6) is 11.6 Å². The van der Waals surface area contributed by atoms with Gasteiger partial charge in [-0.05, 0) is 30.7 Å². The van der Waals surface area contributed by atoms with Crippen molar-refractivity contribution in [3.05, 3.63) is 58.9 Å². The van der Waals surface area contributed by atoms with Gasteiger partial charge in [0.1, 0.15) is 10.5 Å². The summed E-state index contributed by atoms with van der Waals surface area (Å²) in [5.74, 6) is 1.34. The first-order chi connectivity index (χ1) is 10.2. The monoisotopic (exact) mass is 318 g/mol. The second kappa shape index (κ2) is 5.88. The van der Waals surface area contributed by atoms with Crippen LogP contribution in [0.25, 0.3) is 10.9 Å². The van der Waals surface area contributed by atoms with E-state index in [-0.39, 0.29) is 0 Å². The summed E-state index contributed by atoms with van der Waals surface area (Å²) in [5.41, 5.74) is 2.56. The minimum atomic E-state index is 0.348. The van der Waals surface area contributed by atoms with Crippen LogP contribution < -0.4 is 4.74 Å². The molecule has 1 aromatic carbocycles. The molecular weight excluding hydrogens is 307 g/mol. The van der Waals surface area contributed by atoms with Gasteiger partial charge in [0.25, 0.3) is 0 Å². The fourth-order valence-corrected chi connectivity index (χ4v) is 2.39. The summed E-state index contributed by atoms with van der Waals surface area (Å²) >= 11 is 11.9. The number of rotatable bonds is 3. The van der Waals surface area contributed by atoms with E-state index >= 15 is 0 Å². The lowest BCUT2D eigenvalue weighted by Crippen LogP contribution is -1.93. The number of benzene rings is 1. The number of hydrogen-bond acceptors (Lipinski definition) is 3. The van der Waals surface area contributed by atoms with Crippen molar-refractivity contribution in [2.75, 3.05) is 0 Å². The number of hydrogen-bond donors (Lipinski definition) is 0. The van der Waals surface area contributed by atoms with Crippen molar-refractivity contribution in [3.8, 4) is 11.6 Å². The molecule has 0 aliphatic carbocycles. The predicted molar refractivity (Wildman–Crippen MR) is 85.4 cm³/mol. The highest BCUT2D eigenvalue weighted by molar-refractivity contribution is 6.32. The average molecular weight is 319 g/mol. The molecule has 3 nitrogen and oxygen atoms in total. The van der Waals surface area contributed by atoms with E-state index in [9.17, 15) is 0 Å². The lowest BCUT2D eigenvalue weighted by Gasteiger charge is -2.09. The highest BCUT2D eigenvalue weighted by Gasteiger charge is 2.10. The minimum absolute atomic E-state index is 0.348. The van der Waals surface area contributed by atoms with Gasteiger partial charge in [0.2, 0.25) is 5.88 Å². The lowest BCUT2D eigenvalue weighted by atomic mass is 10.2. The Morgan fingerprint density at radius 2 is 2.05 bits per heavy atom. The molecule has 0 aliphatic heterocycles. The first kappa shape index (κ1) is 14.1. The normalized spacial score (nSPS) is 10.8. The van der Waals surface area contributed by atoms with Crippen LogP contribution in [0.2, 0.25) is 5.02 Å². The summed E-state index contributed by atoms with van der Waals surface area (Å²) in [6.07, 6.45) is 1.65. The molecule has 3 aromatic rings. The largest absolute Gasteiger partial charge is 0.435 e. The van der Waals surface area contributed by atoms with Crippen LogP contribution in [-0.2, 0) is 5.88 Å². The van der Waals surface area contributed by atoms with E-state index in [0.29, 0.717) is 22.5 Å². The molecular formula is C16H12Cl2N2O. The lowest BCUT2D eigenvalue weighted by molar-refractivity contribution is 0.467. The zero-order valence-electron chi connectivity index (χ0n) is 11.3. The Hall–Kier alpha value is -1.84. The van der Waals surface area contributed by atoms with Crippen LogP contribution in [0.1, 0.15) is 11.3 Å². The first-order valence-corrected chi connectivity index (χ1v) is 7.33. The van der Waals surface area contributed by atoms with Gasteiger partial charge >= 0.3 is 0 Å². The molecule has 0 saturated heterocycles. The molecule has 0 bridgehead atoms. The number of nitrogens with zero attached hydrogens (tertiary/aromatic N) is 2. The van der Waals surface area contributed by atoms with Crippen molar-refractivity contribution in [2.24, 2.45) is 0 Å². The topological polar surface area (TPSA) is 35.0 Å². The number of fused-ring (bicyclic) bond motifs is 1. The van der Waals surface area contributed by atoms with Crippen LogP contribution in [-0.4, -0.2) is 9.97 Å². The Balaban J connectivity index is 2.04. The fourth-order valence-electron chi connectivity index (χ4n) is 2.02. The molecule has 2 heterocycles. The predicted octanol–water partition coefficient (Wildman–Crippen LogP) is 5.12. The van der Waals surface area contributed by atoms with E-state index in [1.807, 2.05) is 37.3 Å². The maximum Gasteiger partial charge on any atom is 0.238 e. The number of pyridine rings is 2. The Bertz CT molecular complexity index is 805. The summed E-state index contributed by atoms with van der Waals surface area (Å²) in [5, 5.41) is 1.43. The summed E-state index contributed by atoms with van der Waals surface area (Å²) in [4.78, 5) is 8.73. The zero-order chi connectivity index (χ0) is 14.8. The summed E-state index contributed by atoms with van der Waals surface area (Å²) < 4.78 is 5.83. The maximum atomic E-state index is 6.17. The number of aryl methyl sites for hydroxylation is 1. The maximum absolute atomic E-state index is 6.17. The summed E-state index contributed by atoms with van der Waals surface area (Å²) in [6.45, 7) is 1.94. The molecule has 0 amide bonds. The van der Waals surface area contributed by atoms with Gasteiger partial charge in [-0.15, -0.1) is 11.6 Å². The Morgan fingerprint density at radius 3 is 2.81 bits per heavy atom. The molecule has 0 aliphatic rings. The quantitative estimate of drug-likeness (QED) is 0.628. The molecule has 0 unspecified atom stereocenters. The van der Waals surface area contributed by atoms with E-state index in [2.05, 4.69) is 9.97 Å². The molecule has 0 spiro atoms. The van der Waals surface area contributed by atoms with Gasteiger partial charge in [0.15, 0.2) is 5.75 Å². The molecule has 5 heteroatoms. The number of halogens is 2. The van der Waals surface area contributed by atoms with Gasteiger partial charge in [0, 0.05) is 23.2 Å². The van der Waals surface area contributed by atoms with Crippen molar-refractivity contribution in [1.82, 2.24) is 9.97 Å². The molecule has 0 atom stereocenters. The van der Waals surface area contributed by atoms with Crippen molar-refractivity contribution in [1.29, 1.82) is 0 Å². The number of alkyl halides is 1. The smallest absolute Gasteiger partial charge is 0.238 e. The third-order valence-corrected chi connectivity index (χ3v) is 3.63. The molecule has 0 fully saturated rings. The van der Waals surface area contributed by atoms with Crippen molar-refractivity contribution < 1.29 is 4.74 Å². The minimum Gasteiger partial charge on any atom is -0.435 e. The standard InChI is InChI=1S/C16H12Cl2N2O/c1-10-5-6-12-3-2-4-14(15(12)20-10)21-16-13(18)7-11(8-17)9-19-16/h2-7,9H,8H2,1H3. The van der Waals surface area contributed by atoms with Crippen molar-refractivity contribution in [3.63, 3.8) is 0 Å². The SMILES string of the molecule is Cc1ccc2cccc(Oc3ncc(CCl)cc3Cl)c2n1. The Kier molecular flexibility index (Phi) is 3.95. The Labute approximate surface area is 132 Å². The first-order valence-electron chi connectivity index (χ1n) is 6.42. The van der Waals surface area contributed by atoms with Crippen LogP contribution in [0, 0.1) is 6.92 Å². The van der Waals surface area contributed by atoms with Crippen LogP contribution >= 0.6 is 23.2 Å². The molecule has 0 radical (unpaired) electrons. The molecule has 3 rings (SSSR count). The van der Waals surface area contributed by atoms with Gasteiger partial charge in [-0.3, -0.25) is 0 Å². The van der Waals surface area contributed by atoms with E-state index < -0.39 is 0 Å². The molecule has 0 saturated carbocycles. The summed E-state index contributed by atoms with van der Waals surface area (Å²) in [7, 11) is 0. The van der Waals surface area contributed by atoms with Crippen molar-refractivity contribution in [2.45, 2.75) is 12.8 Å². The van der Waals surface area contributed by atoms with Gasteiger partial charge < -0.3 is 4.74 Å². The fraction of sp³-hybridized carbons (Fsp3) is 0.125. The third kappa shape index (κ3) is 2.94. The molecule has 21 heavy (non-hydrogen) atoms. The second-order valence-electron chi connectivity index (χ2n) is 4.65. The van der Waals surface area contributed by atoms with Crippen LogP contribution in [0.4, 0.5) is 0 Å². The van der Waals surface area contributed by atoms with E-state index in [0.717, 1.165) is 22.2 Å². The van der Waals surface area contributed by atoms with Gasteiger partial charge in [-0.25, -0.2) is 9.97 Å². The number of para-hydroxylation sites is 1. The van der Waals surface area contributed by atoms with E-state index in [1.165, 1.54) is 0 Å². The highest BCUT2D eigenvalue weighted by Crippen LogP contribution is 2.32. The number of aromatic nitrogens is 2. The van der Waals surface area contributed by atoms with Gasteiger partial charge in [-0.1, -0.05) is 29.8 Å². The van der Waals surface area contributed by atoms with Crippen LogP contribution in [0.3, 0.4) is 0 Å². The Morgan fingerprint density at radius 1 is 1.19 bits per heavy atom. The van der Waals surface area contributed by atoms with E-state index in [4.69, 9.17) is 27.9 Å². The average Bonchev–Trinajstić information content (AvgIpc) is 2.49. The van der Waals surface area contributed by atoms with E-state index in [1.54, 1.807) is 12.3 Å². The molecule has 0 N–H and O–H groups in total. The molecule has 2 aromatic heterocycles. The van der Waals surface area contributed by atoms with Crippen molar-refractivity contribution >= 4 is 34.1 Å². The second-order valence-corrected chi connectivity index (χ2v) is 5.32. The number of ether oxygens (including phenoxy) is 1. The third-order valence-electron chi connectivity index (χ3n) is 3.05. The van der Waals surface area contributed by atoms with Gasteiger partial charge in [0.05, 0.1) is 0 Å². The molecule has 106 valence electrons. The summed E-state index contributed by atoms with van der Waals surface area (Å²) in [6, 6.07) is 11.5.